The molecular weight excluding hydrogens is 234 g/mol. The first-order valence-corrected chi connectivity index (χ1v) is 6.08. The van der Waals surface area contributed by atoms with Crippen LogP contribution in [0, 0.1) is 0 Å². The van der Waals surface area contributed by atoms with Crippen LogP contribution in [0.1, 0.15) is 29.6 Å². The van der Waals surface area contributed by atoms with E-state index in [-0.39, 0.29) is 5.56 Å². The maximum atomic E-state index is 11.9. The molecule has 1 aliphatic heterocycles. The third-order valence-corrected chi connectivity index (χ3v) is 3.44. The quantitative estimate of drug-likeness (QED) is 0.688. The van der Waals surface area contributed by atoms with Crippen molar-refractivity contribution in [3.63, 3.8) is 0 Å². The number of carbonyl (C=O) groups is 1. The third-order valence-electron chi connectivity index (χ3n) is 3.44. The first-order chi connectivity index (χ1) is 8.57. The molecule has 2 rings (SSSR count). The van der Waals surface area contributed by atoms with Crippen LogP contribution in [0.3, 0.4) is 0 Å². The lowest BCUT2D eigenvalue weighted by atomic mass is 10.1. The van der Waals surface area contributed by atoms with Crippen LogP contribution in [0.2, 0.25) is 0 Å². The Balaban J connectivity index is 2.68. The van der Waals surface area contributed by atoms with Crippen LogP contribution in [0.4, 0.5) is 5.82 Å². The summed E-state index contributed by atoms with van der Waals surface area (Å²) in [7, 11) is 2.98. The molecule has 0 saturated carbocycles. The van der Waals surface area contributed by atoms with Crippen LogP contribution in [-0.4, -0.2) is 28.5 Å². The number of aldehydes is 1. The van der Waals surface area contributed by atoms with Gasteiger partial charge in [0.1, 0.15) is 11.4 Å². The Labute approximate surface area is 104 Å². The SMILES string of the molecule is Cn1c(N2CCCCC2)c(C=O)c(=O)n(C)c1=O. The second-order valence-corrected chi connectivity index (χ2v) is 4.61. The summed E-state index contributed by atoms with van der Waals surface area (Å²) in [4.78, 5) is 36.9. The van der Waals surface area contributed by atoms with E-state index in [2.05, 4.69) is 0 Å². The summed E-state index contributed by atoms with van der Waals surface area (Å²) in [5, 5.41) is 0. The zero-order valence-corrected chi connectivity index (χ0v) is 10.7. The lowest BCUT2D eigenvalue weighted by Crippen LogP contribution is -2.44. The molecule has 0 bridgehead atoms. The lowest BCUT2D eigenvalue weighted by molar-refractivity contribution is 0.112. The van der Waals surface area contributed by atoms with Crippen LogP contribution in [-0.2, 0) is 14.1 Å². The number of piperidine rings is 1. The maximum Gasteiger partial charge on any atom is 0.332 e. The van der Waals surface area contributed by atoms with Crippen molar-refractivity contribution in [1.82, 2.24) is 9.13 Å². The van der Waals surface area contributed by atoms with Gasteiger partial charge in [-0.3, -0.25) is 18.7 Å². The highest BCUT2D eigenvalue weighted by Gasteiger charge is 2.21. The molecule has 0 spiro atoms. The summed E-state index contributed by atoms with van der Waals surface area (Å²) in [6.45, 7) is 1.56. The zero-order chi connectivity index (χ0) is 13.3. The van der Waals surface area contributed by atoms with Gasteiger partial charge in [0.25, 0.3) is 5.56 Å². The van der Waals surface area contributed by atoms with E-state index in [1.165, 1.54) is 11.6 Å². The summed E-state index contributed by atoms with van der Waals surface area (Å²) < 4.78 is 2.35. The Morgan fingerprint density at radius 3 is 2.17 bits per heavy atom. The van der Waals surface area contributed by atoms with Crippen molar-refractivity contribution in [2.24, 2.45) is 14.1 Å². The molecule has 0 aromatic carbocycles. The molecule has 1 aliphatic rings. The number of rotatable bonds is 2. The number of hydrogen-bond donors (Lipinski definition) is 0. The minimum atomic E-state index is -0.520. The molecule has 1 saturated heterocycles. The van der Waals surface area contributed by atoms with E-state index in [1.54, 1.807) is 7.05 Å². The van der Waals surface area contributed by atoms with Crippen molar-refractivity contribution in [2.45, 2.75) is 19.3 Å². The molecule has 1 aromatic heterocycles. The molecule has 98 valence electrons. The molecule has 0 unspecified atom stereocenters. The number of hydrogen-bond acceptors (Lipinski definition) is 4. The second-order valence-electron chi connectivity index (χ2n) is 4.61. The number of nitrogens with zero attached hydrogens (tertiary/aromatic N) is 3. The molecular formula is C12H17N3O3. The molecule has 0 N–H and O–H groups in total. The summed E-state index contributed by atoms with van der Waals surface area (Å²) in [6.07, 6.45) is 3.72. The van der Waals surface area contributed by atoms with Crippen LogP contribution in [0.5, 0.6) is 0 Å². The molecule has 18 heavy (non-hydrogen) atoms. The van der Waals surface area contributed by atoms with Crippen molar-refractivity contribution in [1.29, 1.82) is 0 Å². The molecule has 0 aliphatic carbocycles. The molecule has 6 heteroatoms. The topological polar surface area (TPSA) is 64.3 Å². The van der Waals surface area contributed by atoms with Gasteiger partial charge in [-0.25, -0.2) is 4.79 Å². The first-order valence-electron chi connectivity index (χ1n) is 6.08. The summed E-state index contributed by atoms with van der Waals surface area (Å²) in [5.74, 6) is 0.456. The van der Waals surface area contributed by atoms with Crippen molar-refractivity contribution >= 4 is 12.1 Å². The number of carbonyl (C=O) groups excluding carboxylic acids is 1. The Morgan fingerprint density at radius 2 is 1.61 bits per heavy atom. The van der Waals surface area contributed by atoms with E-state index in [4.69, 9.17) is 0 Å². The van der Waals surface area contributed by atoms with Crippen molar-refractivity contribution in [2.75, 3.05) is 18.0 Å². The average Bonchev–Trinajstić information content (AvgIpc) is 2.41. The molecule has 0 amide bonds. The van der Waals surface area contributed by atoms with Crippen LogP contribution in [0.25, 0.3) is 0 Å². The second kappa shape index (κ2) is 4.80. The third kappa shape index (κ3) is 1.87. The molecule has 1 aromatic rings. The molecule has 0 atom stereocenters. The summed E-state index contributed by atoms with van der Waals surface area (Å²) in [6, 6.07) is 0. The smallest absolute Gasteiger partial charge is 0.332 e. The minimum absolute atomic E-state index is 0.0708. The molecule has 1 fully saturated rings. The van der Waals surface area contributed by atoms with Crippen molar-refractivity contribution < 1.29 is 4.79 Å². The molecule has 2 heterocycles. The lowest BCUT2D eigenvalue weighted by Gasteiger charge is -2.30. The van der Waals surface area contributed by atoms with Gasteiger partial charge in [0.2, 0.25) is 0 Å². The fourth-order valence-corrected chi connectivity index (χ4v) is 2.45. The van der Waals surface area contributed by atoms with E-state index < -0.39 is 11.2 Å². The van der Waals surface area contributed by atoms with E-state index in [0.717, 1.165) is 36.9 Å². The summed E-state index contributed by atoms with van der Waals surface area (Å²) in [5.41, 5.74) is -0.846. The highest BCUT2D eigenvalue weighted by atomic mass is 16.2. The standard InChI is InChI=1S/C12H17N3O3/c1-13-10(15-6-4-3-5-7-15)9(8-16)11(17)14(2)12(13)18/h8H,3-7H2,1-2H3. The van der Waals surface area contributed by atoms with Crippen molar-refractivity contribution in [3.8, 4) is 0 Å². The highest BCUT2D eigenvalue weighted by molar-refractivity contribution is 5.82. The van der Waals surface area contributed by atoms with Crippen LogP contribution in [0.15, 0.2) is 9.59 Å². The Morgan fingerprint density at radius 1 is 1.00 bits per heavy atom. The normalized spacial score (nSPS) is 15.8. The van der Waals surface area contributed by atoms with Gasteiger partial charge in [-0.2, -0.15) is 0 Å². The van der Waals surface area contributed by atoms with Gasteiger partial charge < -0.3 is 4.90 Å². The highest BCUT2D eigenvalue weighted by Crippen LogP contribution is 2.19. The fraction of sp³-hybridized carbons (Fsp3) is 0.583. The number of anilines is 1. The summed E-state index contributed by atoms with van der Waals surface area (Å²) >= 11 is 0. The van der Waals surface area contributed by atoms with Gasteiger partial charge in [0.15, 0.2) is 6.29 Å². The van der Waals surface area contributed by atoms with Crippen LogP contribution >= 0.6 is 0 Å². The Bertz CT molecular complexity index is 579. The van der Waals surface area contributed by atoms with Crippen molar-refractivity contribution in [3.05, 3.63) is 26.4 Å². The van der Waals surface area contributed by atoms with E-state index >= 15 is 0 Å². The predicted molar refractivity (Wildman–Crippen MR) is 68.4 cm³/mol. The molecule has 6 nitrogen and oxygen atoms in total. The fourth-order valence-electron chi connectivity index (χ4n) is 2.45. The largest absolute Gasteiger partial charge is 0.357 e. The van der Waals surface area contributed by atoms with Gasteiger partial charge in [-0.05, 0) is 19.3 Å². The Kier molecular flexibility index (Phi) is 3.36. The van der Waals surface area contributed by atoms with Gasteiger partial charge >= 0.3 is 5.69 Å². The Hall–Kier alpha value is -1.85. The predicted octanol–water partition coefficient (Wildman–Crippen LogP) is -0.113. The van der Waals surface area contributed by atoms with E-state index in [1.807, 2.05) is 4.90 Å². The van der Waals surface area contributed by atoms with E-state index in [0.29, 0.717) is 12.1 Å². The minimum Gasteiger partial charge on any atom is -0.357 e. The number of aromatic nitrogens is 2. The maximum absolute atomic E-state index is 11.9. The monoisotopic (exact) mass is 251 g/mol. The zero-order valence-electron chi connectivity index (χ0n) is 10.7. The van der Waals surface area contributed by atoms with Gasteiger partial charge in [0.05, 0.1) is 0 Å². The van der Waals surface area contributed by atoms with E-state index in [9.17, 15) is 14.4 Å². The van der Waals surface area contributed by atoms with Gasteiger partial charge in [-0.15, -0.1) is 0 Å². The molecule has 0 radical (unpaired) electrons. The van der Waals surface area contributed by atoms with Gasteiger partial charge in [0, 0.05) is 27.2 Å². The van der Waals surface area contributed by atoms with Gasteiger partial charge in [-0.1, -0.05) is 0 Å². The first kappa shape index (κ1) is 12.6. The average molecular weight is 251 g/mol. The van der Waals surface area contributed by atoms with Crippen LogP contribution < -0.4 is 16.1 Å².